The summed E-state index contributed by atoms with van der Waals surface area (Å²) in [5, 5.41) is 9.34. The first kappa shape index (κ1) is 12.4. The molecule has 0 saturated heterocycles. The van der Waals surface area contributed by atoms with Gasteiger partial charge in [0.1, 0.15) is 5.76 Å². The minimum atomic E-state index is -0.824. The predicted octanol–water partition coefficient (Wildman–Crippen LogP) is 3.31. The Hall–Kier alpha value is -2.03. The van der Waals surface area contributed by atoms with Gasteiger partial charge in [0.15, 0.2) is 0 Å². The number of furan rings is 1. The van der Waals surface area contributed by atoms with Crippen molar-refractivity contribution >= 4 is 5.97 Å². The molecule has 1 atom stereocenters. The average Bonchev–Trinajstić information content (AvgIpc) is 2.82. The van der Waals surface area contributed by atoms with Gasteiger partial charge >= 0.3 is 5.97 Å². The number of carboxylic acid groups (broad SMARTS) is 1. The number of aliphatic carboxylic acids is 1. The largest absolute Gasteiger partial charge is 0.481 e. The lowest BCUT2D eigenvalue weighted by Crippen LogP contribution is -2.14. The second-order valence-electron chi connectivity index (χ2n) is 4.52. The van der Waals surface area contributed by atoms with Gasteiger partial charge < -0.3 is 9.52 Å². The topological polar surface area (TPSA) is 50.4 Å². The Morgan fingerprint density at radius 3 is 2.61 bits per heavy atom. The third kappa shape index (κ3) is 2.62. The summed E-state index contributed by atoms with van der Waals surface area (Å²) in [6.45, 7) is 4.01. The van der Waals surface area contributed by atoms with Gasteiger partial charge in [-0.25, -0.2) is 0 Å². The van der Waals surface area contributed by atoms with E-state index in [1.54, 1.807) is 18.4 Å². The Kier molecular flexibility index (Phi) is 3.51. The first-order chi connectivity index (χ1) is 8.58. The van der Waals surface area contributed by atoms with E-state index in [2.05, 4.69) is 0 Å². The van der Waals surface area contributed by atoms with Crippen molar-refractivity contribution in [3.8, 4) is 0 Å². The van der Waals surface area contributed by atoms with E-state index in [0.29, 0.717) is 12.2 Å². The lowest BCUT2D eigenvalue weighted by Gasteiger charge is -2.13. The molecule has 0 aliphatic rings. The SMILES string of the molecule is Cc1ccc(C(Cc2ccco2)C(=O)O)cc1C. The minimum absolute atomic E-state index is 0.380. The van der Waals surface area contributed by atoms with Crippen molar-refractivity contribution in [2.45, 2.75) is 26.2 Å². The molecule has 2 rings (SSSR count). The summed E-state index contributed by atoms with van der Waals surface area (Å²) < 4.78 is 5.23. The van der Waals surface area contributed by atoms with E-state index in [1.807, 2.05) is 32.0 Å². The van der Waals surface area contributed by atoms with Crippen LogP contribution in [0.3, 0.4) is 0 Å². The van der Waals surface area contributed by atoms with Crippen LogP contribution in [0.2, 0.25) is 0 Å². The third-order valence-electron chi connectivity index (χ3n) is 3.22. The highest BCUT2D eigenvalue weighted by molar-refractivity contribution is 5.76. The first-order valence-electron chi connectivity index (χ1n) is 5.90. The maximum Gasteiger partial charge on any atom is 0.311 e. The zero-order valence-corrected chi connectivity index (χ0v) is 10.5. The summed E-state index contributed by atoms with van der Waals surface area (Å²) in [6.07, 6.45) is 1.94. The van der Waals surface area contributed by atoms with Crippen molar-refractivity contribution in [2.24, 2.45) is 0 Å². The fourth-order valence-corrected chi connectivity index (χ4v) is 1.96. The van der Waals surface area contributed by atoms with Gasteiger partial charge in [0.25, 0.3) is 0 Å². The quantitative estimate of drug-likeness (QED) is 0.897. The van der Waals surface area contributed by atoms with Crippen molar-refractivity contribution in [2.75, 3.05) is 0 Å². The molecular formula is C15H16O3. The number of aryl methyl sites for hydroxylation is 2. The zero-order valence-electron chi connectivity index (χ0n) is 10.5. The lowest BCUT2D eigenvalue weighted by molar-refractivity contribution is -0.138. The van der Waals surface area contributed by atoms with Crippen LogP contribution in [0, 0.1) is 13.8 Å². The molecule has 0 saturated carbocycles. The van der Waals surface area contributed by atoms with Crippen LogP contribution in [0.15, 0.2) is 41.0 Å². The van der Waals surface area contributed by atoms with Crippen LogP contribution in [-0.2, 0) is 11.2 Å². The highest BCUT2D eigenvalue weighted by Gasteiger charge is 2.21. The van der Waals surface area contributed by atoms with Crippen molar-refractivity contribution < 1.29 is 14.3 Å². The standard InChI is InChI=1S/C15H16O3/c1-10-5-6-12(8-11(10)2)14(15(16)17)9-13-4-3-7-18-13/h3-8,14H,9H2,1-2H3,(H,16,17). The van der Waals surface area contributed by atoms with Gasteiger partial charge in [0.05, 0.1) is 12.2 Å². The van der Waals surface area contributed by atoms with Crippen LogP contribution in [-0.4, -0.2) is 11.1 Å². The molecule has 1 unspecified atom stereocenters. The second-order valence-corrected chi connectivity index (χ2v) is 4.52. The minimum Gasteiger partial charge on any atom is -0.481 e. The Morgan fingerprint density at radius 1 is 1.28 bits per heavy atom. The van der Waals surface area contributed by atoms with Crippen LogP contribution in [0.4, 0.5) is 0 Å². The van der Waals surface area contributed by atoms with Gasteiger partial charge in [-0.1, -0.05) is 18.2 Å². The average molecular weight is 244 g/mol. The molecule has 1 N–H and O–H groups in total. The molecule has 94 valence electrons. The summed E-state index contributed by atoms with van der Waals surface area (Å²) in [6, 6.07) is 9.36. The van der Waals surface area contributed by atoms with Gasteiger partial charge in [-0.3, -0.25) is 4.79 Å². The molecule has 0 fully saturated rings. The molecule has 1 heterocycles. The maximum absolute atomic E-state index is 11.4. The number of hydrogen-bond donors (Lipinski definition) is 1. The fourth-order valence-electron chi connectivity index (χ4n) is 1.96. The molecule has 0 spiro atoms. The van der Waals surface area contributed by atoms with E-state index in [0.717, 1.165) is 11.1 Å². The Labute approximate surface area is 106 Å². The fraction of sp³-hybridized carbons (Fsp3) is 0.267. The van der Waals surface area contributed by atoms with Crippen LogP contribution in [0.1, 0.15) is 28.4 Å². The summed E-state index contributed by atoms with van der Waals surface area (Å²) in [7, 11) is 0. The second kappa shape index (κ2) is 5.08. The third-order valence-corrected chi connectivity index (χ3v) is 3.22. The molecule has 0 radical (unpaired) electrons. The highest BCUT2D eigenvalue weighted by Crippen LogP contribution is 2.23. The smallest absolute Gasteiger partial charge is 0.311 e. The summed E-state index contributed by atoms with van der Waals surface area (Å²) in [5.41, 5.74) is 3.10. The number of rotatable bonds is 4. The van der Waals surface area contributed by atoms with Crippen LogP contribution >= 0.6 is 0 Å². The molecule has 3 heteroatoms. The molecule has 0 bridgehead atoms. The Bertz CT molecular complexity index is 541. The molecule has 0 aliphatic heterocycles. The van der Waals surface area contributed by atoms with E-state index in [1.165, 1.54) is 5.56 Å². The molecule has 0 amide bonds. The Balaban J connectivity index is 2.29. The van der Waals surface area contributed by atoms with E-state index >= 15 is 0 Å². The number of hydrogen-bond acceptors (Lipinski definition) is 2. The normalized spacial score (nSPS) is 12.3. The predicted molar refractivity (Wildman–Crippen MR) is 68.7 cm³/mol. The van der Waals surface area contributed by atoms with Gasteiger partial charge in [-0.05, 0) is 42.7 Å². The Morgan fingerprint density at radius 2 is 2.06 bits per heavy atom. The summed E-state index contributed by atoms with van der Waals surface area (Å²) >= 11 is 0. The van der Waals surface area contributed by atoms with E-state index < -0.39 is 11.9 Å². The number of carboxylic acids is 1. The van der Waals surface area contributed by atoms with Crippen molar-refractivity contribution in [1.29, 1.82) is 0 Å². The number of benzene rings is 1. The van der Waals surface area contributed by atoms with Crippen molar-refractivity contribution in [1.82, 2.24) is 0 Å². The lowest BCUT2D eigenvalue weighted by atomic mass is 9.92. The highest BCUT2D eigenvalue weighted by atomic mass is 16.4. The molecule has 2 aromatic rings. The molecule has 18 heavy (non-hydrogen) atoms. The first-order valence-corrected chi connectivity index (χ1v) is 5.90. The molecular weight excluding hydrogens is 228 g/mol. The number of carbonyl (C=O) groups is 1. The molecule has 1 aromatic heterocycles. The molecule has 3 nitrogen and oxygen atoms in total. The zero-order chi connectivity index (χ0) is 13.1. The van der Waals surface area contributed by atoms with E-state index in [-0.39, 0.29) is 0 Å². The van der Waals surface area contributed by atoms with E-state index in [9.17, 15) is 9.90 Å². The summed E-state index contributed by atoms with van der Waals surface area (Å²) in [5.74, 6) is -0.689. The van der Waals surface area contributed by atoms with Gasteiger partial charge in [-0.15, -0.1) is 0 Å². The van der Waals surface area contributed by atoms with E-state index in [4.69, 9.17) is 4.42 Å². The van der Waals surface area contributed by atoms with Crippen LogP contribution < -0.4 is 0 Å². The van der Waals surface area contributed by atoms with Crippen LogP contribution in [0.5, 0.6) is 0 Å². The van der Waals surface area contributed by atoms with Crippen LogP contribution in [0.25, 0.3) is 0 Å². The van der Waals surface area contributed by atoms with Gasteiger partial charge in [-0.2, -0.15) is 0 Å². The van der Waals surface area contributed by atoms with Crippen molar-refractivity contribution in [3.05, 3.63) is 59.0 Å². The summed E-state index contributed by atoms with van der Waals surface area (Å²) in [4.78, 5) is 11.4. The van der Waals surface area contributed by atoms with Gasteiger partial charge in [0, 0.05) is 6.42 Å². The molecule has 0 aliphatic carbocycles. The molecule has 1 aromatic carbocycles. The van der Waals surface area contributed by atoms with Gasteiger partial charge in [0.2, 0.25) is 0 Å². The monoisotopic (exact) mass is 244 g/mol. The van der Waals surface area contributed by atoms with Crippen molar-refractivity contribution in [3.63, 3.8) is 0 Å². The maximum atomic E-state index is 11.4.